The quantitative estimate of drug-likeness (QED) is 0.0244. The van der Waals surface area contributed by atoms with E-state index in [1.807, 2.05) is 24.3 Å². The number of aliphatic hydroxyl groups excluding tert-OH is 1. The summed E-state index contributed by atoms with van der Waals surface area (Å²) in [5, 5.41) is 76.5. The van der Waals surface area contributed by atoms with E-state index in [0.717, 1.165) is 11.1 Å². The third-order valence-electron chi connectivity index (χ3n) is 17.5. The zero-order chi connectivity index (χ0) is 81.3. The highest BCUT2D eigenvalue weighted by molar-refractivity contribution is 7.98. The van der Waals surface area contributed by atoms with Crippen molar-refractivity contribution in [1.29, 1.82) is 0 Å². The largest absolute Gasteiger partial charge is 0.508 e. The number of aliphatic hydroxyl groups is 1. The number of carboxylic acids is 2. The van der Waals surface area contributed by atoms with Gasteiger partial charge in [0, 0.05) is 104 Å². The van der Waals surface area contributed by atoms with E-state index in [-0.39, 0.29) is 63.0 Å². The number of H-pyrrole nitrogens is 2. The molecule has 33 nitrogen and oxygen atoms in total. The molecule has 19 N–H and O–H groups in total. The number of thioether (sulfide) groups is 2. The smallest absolute Gasteiger partial charge is 0.303 e. The van der Waals surface area contributed by atoms with Gasteiger partial charge < -0.3 is 94.4 Å². The van der Waals surface area contributed by atoms with Crippen LogP contribution in [0.5, 0.6) is 11.5 Å². The van der Waals surface area contributed by atoms with Crippen molar-refractivity contribution >= 4 is 111 Å². The van der Waals surface area contributed by atoms with Gasteiger partial charge in [0.15, 0.2) is 0 Å². The Morgan fingerprint density at radius 1 is 0.523 bits per heavy atom. The molecule has 11 amide bonds. The van der Waals surface area contributed by atoms with Crippen LogP contribution in [0, 0.1) is 5.41 Å². The lowest BCUT2D eigenvalue weighted by atomic mass is 9.85. The number of aromatic nitrogens is 4. The van der Waals surface area contributed by atoms with Crippen molar-refractivity contribution in [2.24, 2.45) is 11.1 Å². The summed E-state index contributed by atoms with van der Waals surface area (Å²) in [6.45, 7) is 10.3. The van der Waals surface area contributed by atoms with Crippen molar-refractivity contribution in [2.45, 2.75) is 197 Å². The number of hydrogen-bond donors (Lipinski definition) is 18. The molecule has 35 heteroatoms. The second-order valence-electron chi connectivity index (χ2n) is 27.8. The number of hydrogen-bond acceptors (Lipinski definition) is 20. The Morgan fingerprint density at radius 2 is 1.02 bits per heavy atom. The molecule has 0 fully saturated rings. The van der Waals surface area contributed by atoms with Gasteiger partial charge in [-0.3, -0.25) is 62.3 Å². The number of phenolic OH excluding ortho intramolecular Hbond substituents is 2. The number of imidazole rings is 1. The molecule has 0 radical (unpaired) electrons. The zero-order valence-electron chi connectivity index (χ0n) is 62.7. The van der Waals surface area contributed by atoms with Gasteiger partial charge in [-0.25, -0.2) is 9.97 Å². The maximum atomic E-state index is 14.5. The number of carboxylic acid groups (broad SMARTS) is 2. The van der Waals surface area contributed by atoms with Gasteiger partial charge in [0.25, 0.3) is 0 Å². The fourth-order valence-electron chi connectivity index (χ4n) is 11.6. The molecule has 111 heavy (non-hydrogen) atoms. The molecular formula is C76H101N15O18S2. The standard InChI is InChI=1S/C76H101N15O18S2/c1-7-11-54(85-72(106)58(34-44-15-19-50(93)20-16-44)89-71(105)56(24-26-64(99)100)86-70(104)55(23-25-63(97)98)87-74(108)60(83-62(96)32-43(3)92)36-48-38-81-67-52(48)14-10-28-79-67)69(103)84-53(8-2)68(102)80-29-31-111-41-47-13-9-12-46(33-47)40-110-30-27-61(95)91-65(76(4,5)6)75(109)90-59(35-45-17-21-51(94)22-18-45)73(107)88-57(66(77)101)37-49-39-78-42-82-49/h9-10,12-22,28,33,38-39,42-43,53-60,65,92-94H,7-8,11,23-27,29-32,34-37,40-41H2,1-6H3,(H2,77,101)(H,78,82)(H,79,81)(H,80,102)(H,83,96)(H,84,103)(H,85,106)(H,86,104)(H,87,108)(H,88,107)(H,89,105)(H,90,109)(H,91,95)(H,97,98)(H,99,100)/t43-,53+,54+,55+,56+,57+,58+,59+,60+,65-/m1/s1. The summed E-state index contributed by atoms with van der Waals surface area (Å²) in [7, 11) is 0. The first kappa shape index (κ1) is 88.8. The fraction of sp³-hybridized carbons (Fsp3) is 0.461. The predicted molar refractivity (Wildman–Crippen MR) is 413 cm³/mol. The van der Waals surface area contributed by atoms with Crippen LogP contribution in [0.3, 0.4) is 0 Å². The van der Waals surface area contributed by atoms with E-state index >= 15 is 0 Å². The van der Waals surface area contributed by atoms with Crippen molar-refractivity contribution in [3.8, 4) is 11.5 Å². The molecule has 3 aromatic carbocycles. The molecule has 10 atom stereocenters. The highest BCUT2D eigenvalue weighted by atomic mass is 32.2. The van der Waals surface area contributed by atoms with Gasteiger partial charge in [0.05, 0.1) is 18.9 Å². The normalized spacial score (nSPS) is 14.0. The topological polar surface area (TPSA) is 527 Å². The Bertz CT molecular complexity index is 4140. The molecule has 0 saturated carbocycles. The number of primary amides is 1. The zero-order valence-corrected chi connectivity index (χ0v) is 64.4. The summed E-state index contributed by atoms with van der Waals surface area (Å²) in [4.78, 5) is 190. The molecule has 6 rings (SSSR count). The second-order valence-corrected chi connectivity index (χ2v) is 30.0. The lowest BCUT2D eigenvalue weighted by molar-refractivity contribution is -0.140. The third-order valence-corrected chi connectivity index (χ3v) is 19.6. The van der Waals surface area contributed by atoms with Crippen LogP contribution >= 0.6 is 23.5 Å². The number of aliphatic carboxylic acids is 2. The molecule has 600 valence electrons. The van der Waals surface area contributed by atoms with E-state index in [0.29, 0.717) is 62.8 Å². The molecule has 0 spiro atoms. The molecule has 0 aliphatic rings. The summed E-state index contributed by atoms with van der Waals surface area (Å²) in [5.74, 6) is -9.44. The number of amides is 11. The van der Waals surface area contributed by atoms with E-state index in [4.69, 9.17) is 5.73 Å². The number of benzene rings is 3. The van der Waals surface area contributed by atoms with Crippen LogP contribution in [0.15, 0.2) is 110 Å². The average Bonchev–Trinajstić information content (AvgIpc) is 1.81. The van der Waals surface area contributed by atoms with Gasteiger partial charge in [-0.15, -0.1) is 0 Å². The maximum Gasteiger partial charge on any atom is 0.303 e. The number of carbonyl (C=O) groups is 13. The monoisotopic (exact) mass is 1580 g/mol. The molecule has 3 aromatic heterocycles. The average molecular weight is 1580 g/mol. The van der Waals surface area contributed by atoms with Gasteiger partial charge in [0.1, 0.15) is 71.5 Å². The first-order chi connectivity index (χ1) is 52.8. The van der Waals surface area contributed by atoms with Crippen LogP contribution in [-0.4, -0.2) is 201 Å². The first-order valence-corrected chi connectivity index (χ1v) is 38.7. The van der Waals surface area contributed by atoms with Crippen molar-refractivity contribution in [3.63, 3.8) is 0 Å². The Labute approximate surface area is 650 Å². The van der Waals surface area contributed by atoms with E-state index in [1.54, 1.807) is 76.8 Å². The second kappa shape index (κ2) is 44.6. The van der Waals surface area contributed by atoms with E-state index < -0.39 is 175 Å². The number of rotatable bonds is 47. The number of pyridine rings is 1. The number of fused-ring (bicyclic) bond motifs is 1. The van der Waals surface area contributed by atoms with Crippen LogP contribution in [0.1, 0.15) is 133 Å². The number of aromatic amines is 2. The van der Waals surface area contributed by atoms with Crippen LogP contribution < -0.4 is 58.9 Å². The van der Waals surface area contributed by atoms with Crippen LogP contribution in [0.25, 0.3) is 11.0 Å². The Hall–Kier alpha value is -11.1. The predicted octanol–water partition coefficient (Wildman–Crippen LogP) is 2.25. The minimum atomic E-state index is -1.75. The van der Waals surface area contributed by atoms with Gasteiger partial charge >= 0.3 is 11.9 Å². The Balaban J connectivity index is 1.01. The Morgan fingerprint density at radius 3 is 1.51 bits per heavy atom. The third kappa shape index (κ3) is 30.7. The molecular weight excluding hydrogens is 1480 g/mol. The van der Waals surface area contributed by atoms with Crippen LogP contribution in [-0.2, 0) is 99.5 Å². The first-order valence-electron chi connectivity index (χ1n) is 36.4. The minimum absolute atomic E-state index is 0.00293. The summed E-state index contributed by atoms with van der Waals surface area (Å²) in [6.07, 6.45) is 2.12. The SMILES string of the molecule is CCC[C@H](NC(=O)[C@H](Cc1ccc(O)cc1)NC(=O)[C@H](CCC(=O)O)NC(=O)[C@H](CCC(=O)O)NC(=O)[C@H](Cc1c[nH]c2ncccc12)NC(=O)C[C@@H](C)O)C(=O)N[C@@H](CC)C(=O)NCCSCc1cccc(CSCCC(=O)N[C@H](C(=O)N[C@@H](Cc2ccc(O)cc2)C(=O)N[C@@H](Cc2cnc[nH]2)C(N)=O)C(C)(C)C)c1. The van der Waals surface area contributed by atoms with Crippen molar-refractivity contribution in [2.75, 3.05) is 18.1 Å². The number of nitrogens with one attached hydrogen (secondary N) is 12. The fourth-order valence-corrected chi connectivity index (χ4v) is 13.3. The summed E-state index contributed by atoms with van der Waals surface area (Å²) in [5.41, 5.74) is 9.35. The molecule has 0 aliphatic heterocycles. The number of nitrogens with zero attached hydrogens (tertiary/aromatic N) is 2. The van der Waals surface area contributed by atoms with Crippen LogP contribution in [0.4, 0.5) is 0 Å². The summed E-state index contributed by atoms with van der Waals surface area (Å²) in [6, 6.07) is 10.7. The van der Waals surface area contributed by atoms with Crippen molar-refractivity contribution in [1.82, 2.24) is 73.1 Å². The van der Waals surface area contributed by atoms with Gasteiger partial charge in [-0.05, 0) is 102 Å². The highest BCUT2D eigenvalue weighted by Crippen LogP contribution is 2.24. The molecule has 0 unspecified atom stereocenters. The Kier molecular flexibility index (Phi) is 35.7. The van der Waals surface area contributed by atoms with Gasteiger partial charge in [-0.1, -0.05) is 89.6 Å². The number of carbonyl (C=O) groups excluding carboxylic acids is 11. The van der Waals surface area contributed by atoms with Crippen molar-refractivity contribution in [3.05, 3.63) is 143 Å². The summed E-state index contributed by atoms with van der Waals surface area (Å²) >= 11 is 3.06. The maximum absolute atomic E-state index is 14.5. The molecule has 3 heterocycles. The number of nitrogens with two attached hydrogens (primary N) is 1. The van der Waals surface area contributed by atoms with E-state index in [1.165, 1.54) is 73.8 Å². The summed E-state index contributed by atoms with van der Waals surface area (Å²) < 4.78 is 0. The molecule has 0 bridgehead atoms. The highest BCUT2D eigenvalue weighted by Gasteiger charge is 2.38. The minimum Gasteiger partial charge on any atom is -0.508 e. The van der Waals surface area contributed by atoms with E-state index in [2.05, 4.69) is 73.1 Å². The van der Waals surface area contributed by atoms with Crippen molar-refractivity contribution < 1.29 is 87.9 Å². The van der Waals surface area contributed by atoms with E-state index in [9.17, 15) is 87.9 Å². The molecule has 6 aromatic rings. The lowest BCUT2D eigenvalue weighted by Crippen LogP contribution is -2.60. The lowest BCUT2D eigenvalue weighted by Gasteiger charge is -2.32. The molecule has 0 saturated heterocycles. The molecule has 0 aliphatic carbocycles. The number of phenols is 2. The van der Waals surface area contributed by atoms with Gasteiger partial charge in [-0.2, -0.15) is 23.5 Å². The van der Waals surface area contributed by atoms with Crippen LogP contribution in [0.2, 0.25) is 0 Å². The number of aromatic hydroxyl groups is 2. The van der Waals surface area contributed by atoms with Gasteiger partial charge in [0.2, 0.25) is 65.0 Å².